The first-order valence-corrected chi connectivity index (χ1v) is 7.56. The van der Waals surface area contributed by atoms with Gasteiger partial charge in [0, 0.05) is 25.7 Å². The van der Waals surface area contributed by atoms with Crippen molar-refractivity contribution in [2.45, 2.75) is 19.1 Å². The maximum absolute atomic E-state index is 14.0. The summed E-state index contributed by atoms with van der Waals surface area (Å²) in [6, 6.07) is 0.853. The second-order valence-electron chi connectivity index (χ2n) is 5.87. The molecule has 6 nitrogen and oxygen atoms in total. The van der Waals surface area contributed by atoms with Gasteiger partial charge in [-0.2, -0.15) is 13.2 Å². The predicted molar refractivity (Wildman–Crippen MR) is 86.4 cm³/mol. The van der Waals surface area contributed by atoms with Crippen LogP contribution in [0.4, 0.5) is 27.9 Å². The van der Waals surface area contributed by atoms with Crippen LogP contribution in [0.3, 0.4) is 0 Å². The number of benzene rings is 1. The average Bonchev–Trinajstić information content (AvgIpc) is 2.55. The molecule has 0 aliphatic heterocycles. The zero-order valence-corrected chi connectivity index (χ0v) is 14.4. The Morgan fingerprint density at radius 2 is 1.85 bits per heavy atom. The molecule has 0 saturated carbocycles. The van der Waals surface area contributed by atoms with E-state index in [0.717, 1.165) is 12.1 Å². The number of aromatic nitrogens is 2. The summed E-state index contributed by atoms with van der Waals surface area (Å²) in [5.74, 6) is -4.56. The van der Waals surface area contributed by atoms with Gasteiger partial charge in [0.15, 0.2) is 11.6 Å². The van der Waals surface area contributed by atoms with Gasteiger partial charge in [0.25, 0.3) is 11.5 Å². The third-order valence-corrected chi connectivity index (χ3v) is 3.62. The van der Waals surface area contributed by atoms with Gasteiger partial charge in [-0.3, -0.25) is 14.6 Å². The van der Waals surface area contributed by atoms with E-state index in [2.05, 4.69) is 15.3 Å². The molecule has 2 aromatic rings. The first-order valence-electron chi connectivity index (χ1n) is 7.56. The van der Waals surface area contributed by atoms with E-state index in [0.29, 0.717) is 6.07 Å². The quantitative estimate of drug-likeness (QED) is 0.787. The molecule has 0 unspecified atom stereocenters. The van der Waals surface area contributed by atoms with E-state index in [-0.39, 0.29) is 11.6 Å². The van der Waals surface area contributed by atoms with Crippen LogP contribution < -0.4 is 15.8 Å². The lowest BCUT2D eigenvalue weighted by molar-refractivity contribution is -0.140. The molecule has 0 aliphatic carbocycles. The van der Waals surface area contributed by atoms with Crippen LogP contribution in [-0.2, 0) is 6.18 Å². The Morgan fingerprint density at radius 1 is 1.22 bits per heavy atom. The van der Waals surface area contributed by atoms with E-state index >= 15 is 0 Å². The van der Waals surface area contributed by atoms with Crippen LogP contribution in [0.15, 0.2) is 23.0 Å². The minimum Gasteiger partial charge on any atom is -0.348 e. The van der Waals surface area contributed by atoms with Crippen molar-refractivity contribution in [3.05, 3.63) is 57.0 Å². The highest BCUT2D eigenvalue weighted by molar-refractivity contribution is 5.92. The number of nitrogens with zero attached hydrogens (tertiary/aromatic N) is 2. The fraction of sp³-hybridized carbons (Fsp3) is 0.312. The minimum absolute atomic E-state index is 0.0899. The summed E-state index contributed by atoms with van der Waals surface area (Å²) in [6.07, 6.45) is -5.05. The molecule has 1 atom stereocenters. The molecule has 0 saturated heterocycles. The molecule has 1 heterocycles. The van der Waals surface area contributed by atoms with Gasteiger partial charge >= 0.3 is 6.18 Å². The highest BCUT2D eigenvalue weighted by Gasteiger charge is 2.36. The van der Waals surface area contributed by atoms with Crippen molar-refractivity contribution in [3.63, 3.8) is 0 Å². The largest absolute Gasteiger partial charge is 0.419 e. The summed E-state index contributed by atoms with van der Waals surface area (Å²) in [7, 11) is 3.14. The van der Waals surface area contributed by atoms with Crippen molar-refractivity contribution < 1.29 is 26.7 Å². The molecule has 2 N–H and O–H groups in total. The predicted octanol–water partition coefficient (Wildman–Crippen LogP) is 2.62. The molecule has 0 spiro atoms. The highest BCUT2D eigenvalue weighted by atomic mass is 19.4. The molecule has 0 radical (unpaired) electrons. The van der Waals surface area contributed by atoms with Crippen molar-refractivity contribution >= 4 is 11.9 Å². The maximum Gasteiger partial charge on any atom is 0.419 e. The number of nitrogens with one attached hydrogen (secondary N) is 2. The summed E-state index contributed by atoms with van der Waals surface area (Å²) in [6.45, 7) is 1.25. The Hall–Kier alpha value is -2.98. The number of carbonyl (C=O) groups is 1. The van der Waals surface area contributed by atoms with E-state index in [1.165, 1.54) is 11.8 Å². The molecule has 27 heavy (non-hydrogen) atoms. The number of anilines is 1. The lowest BCUT2D eigenvalue weighted by atomic mass is 10.0. The van der Waals surface area contributed by atoms with Crippen molar-refractivity contribution in [1.29, 1.82) is 0 Å². The van der Waals surface area contributed by atoms with Gasteiger partial charge < -0.3 is 10.2 Å². The van der Waals surface area contributed by atoms with Crippen molar-refractivity contribution in [2.75, 3.05) is 19.0 Å². The molecule has 0 aliphatic rings. The Labute approximate surface area is 150 Å². The molecule has 146 valence electrons. The third-order valence-electron chi connectivity index (χ3n) is 3.62. The normalized spacial score (nSPS) is 12.6. The Bertz CT molecular complexity index is 924. The summed E-state index contributed by atoms with van der Waals surface area (Å²) in [5.41, 5.74) is -3.12. The monoisotopic (exact) mass is 390 g/mol. The van der Waals surface area contributed by atoms with Crippen molar-refractivity contribution in [2.24, 2.45) is 0 Å². The number of H-pyrrole nitrogens is 1. The van der Waals surface area contributed by atoms with E-state index in [4.69, 9.17) is 0 Å². The topological polar surface area (TPSA) is 78.1 Å². The molecule has 0 bridgehead atoms. The summed E-state index contributed by atoms with van der Waals surface area (Å²) >= 11 is 0. The number of hydrogen-bond acceptors (Lipinski definition) is 4. The molecule has 2 rings (SSSR count). The number of aromatic amines is 1. The first kappa shape index (κ1) is 20.3. The lowest BCUT2D eigenvalue weighted by Gasteiger charge is -2.17. The standard InChI is InChI=1S/C16H15F5N4O2/c1-7(8-4-5-9(16(19,20)21)13(18)12(8)17)22-14(27)10-6-11(26)24-15(23-10)25(2)3/h4-7H,1-3H3,(H,22,27)(H,23,24,26)/t7-/m1/s1. The Morgan fingerprint density at radius 3 is 2.41 bits per heavy atom. The van der Waals surface area contributed by atoms with Crippen LogP contribution in [0.25, 0.3) is 0 Å². The molecule has 11 heteroatoms. The van der Waals surface area contributed by atoms with Crippen LogP contribution in [0.2, 0.25) is 0 Å². The maximum atomic E-state index is 14.0. The van der Waals surface area contributed by atoms with Gasteiger partial charge in [0.2, 0.25) is 5.95 Å². The highest BCUT2D eigenvalue weighted by Crippen LogP contribution is 2.34. The fourth-order valence-corrected chi connectivity index (χ4v) is 2.24. The van der Waals surface area contributed by atoms with Gasteiger partial charge in [0.05, 0.1) is 11.6 Å². The smallest absolute Gasteiger partial charge is 0.348 e. The molecule has 0 fully saturated rings. The second kappa shape index (κ2) is 7.33. The number of rotatable bonds is 4. The summed E-state index contributed by atoms with van der Waals surface area (Å²) < 4.78 is 65.6. The zero-order chi connectivity index (χ0) is 20.5. The fourth-order valence-electron chi connectivity index (χ4n) is 2.24. The van der Waals surface area contributed by atoms with Crippen LogP contribution in [-0.4, -0.2) is 30.0 Å². The van der Waals surface area contributed by atoms with Gasteiger partial charge in [0.1, 0.15) is 5.69 Å². The zero-order valence-electron chi connectivity index (χ0n) is 14.4. The second-order valence-corrected chi connectivity index (χ2v) is 5.87. The summed E-state index contributed by atoms with van der Waals surface area (Å²) in [5, 5.41) is 2.27. The Balaban J connectivity index is 2.30. The third kappa shape index (κ3) is 4.41. The van der Waals surface area contributed by atoms with Gasteiger partial charge in [-0.1, -0.05) is 6.07 Å². The van der Waals surface area contributed by atoms with Crippen molar-refractivity contribution in [3.8, 4) is 0 Å². The van der Waals surface area contributed by atoms with E-state index < -0.39 is 46.4 Å². The van der Waals surface area contributed by atoms with Gasteiger partial charge in [-0.15, -0.1) is 0 Å². The van der Waals surface area contributed by atoms with Crippen LogP contribution in [0.1, 0.15) is 34.6 Å². The van der Waals surface area contributed by atoms with E-state index in [1.807, 2.05) is 0 Å². The van der Waals surface area contributed by atoms with Crippen LogP contribution in [0.5, 0.6) is 0 Å². The van der Waals surface area contributed by atoms with Crippen LogP contribution >= 0.6 is 0 Å². The van der Waals surface area contributed by atoms with Gasteiger partial charge in [-0.05, 0) is 13.0 Å². The molecule has 1 aromatic carbocycles. The van der Waals surface area contributed by atoms with E-state index in [9.17, 15) is 31.5 Å². The number of carbonyl (C=O) groups excluding carboxylic acids is 1. The lowest BCUT2D eigenvalue weighted by Crippen LogP contribution is -2.30. The van der Waals surface area contributed by atoms with E-state index in [1.54, 1.807) is 14.1 Å². The average molecular weight is 390 g/mol. The molecule has 1 aromatic heterocycles. The minimum atomic E-state index is -5.05. The number of amides is 1. The molecular formula is C16H15F5N4O2. The molecular weight excluding hydrogens is 375 g/mol. The van der Waals surface area contributed by atoms with Crippen LogP contribution in [0, 0.1) is 11.6 Å². The SMILES string of the molecule is C[C@@H](NC(=O)c1cc(=O)[nH]c(N(C)C)n1)c1ccc(C(F)(F)F)c(F)c1F. The summed E-state index contributed by atoms with van der Waals surface area (Å²) in [4.78, 5) is 31.6. The van der Waals surface area contributed by atoms with Crippen molar-refractivity contribution in [1.82, 2.24) is 15.3 Å². The first-order chi connectivity index (χ1) is 12.4. The number of alkyl halides is 3. The number of hydrogen-bond donors (Lipinski definition) is 2. The Kier molecular flexibility index (Phi) is 5.52. The molecule has 1 amide bonds. The van der Waals surface area contributed by atoms with Gasteiger partial charge in [-0.25, -0.2) is 13.8 Å². The number of halogens is 5.